The Bertz CT molecular complexity index is 1610. The molecular formula is C34H43N5O5S. The van der Waals surface area contributed by atoms with Gasteiger partial charge in [0.25, 0.3) is 0 Å². The quantitative estimate of drug-likeness (QED) is 0.325. The lowest BCUT2D eigenvalue weighted by atomic mass is 10.1. The fourth-order valence-electron chi connectivity index (χ4n) is 5.35. The summed E-state index contributed by atoms with van der Waals surface area (Å²) >= 11 is 0. The largest absolute Gasteiger partial charge is 0.444 e. The minimum absolute atomic E-state index is 0. The van der Waals surface area contributed by atoms with E-state index in [4.69, 9.17) is 14.5 Å². The van der Waals surface area contributed by atoms with Gasteiger partial charge in [-0.25, -0.2) is 14.6 Å². The number of carbonyl (C=O) groups is 3. The fraction of sp³-hybridized carbons (Fsp3) is 0.471. The maximum absolute atomic E-state index is 12.8. The van der Waals surface area contributed by atoms with E-state index in [1.807, 2.05) is 84.0 Å². The Labute approximate surface area is 271 Å². The molecule has 2 N–H and O–H groups in total. The minimum atomic E-state index is -0.570. The van der Waals surface area contributed by atoms with Crippen LogP contribution >= 0.6 is 13.5 Å². The van der Waals surface area contributed by atoms with Gasteiger partial charge >= 0.3 is 12.2 Å². The van der Waals surface area contributed by atoms with Gasteiger partial charge < -0.3 is 24.7 Å². The van der Waals surface area contributed by atoms with Gasteiger partial charge in [-0.2, -0.15) is 13.5 Å². The summed E-state index contributed by atoms with van der Waals surface area (Å²) in [6.45, 7) is 12.6. The van der Waals surface area contributed by atoms with Crippen molar-refractivity contribution >= 4 is 48.3 Å². The number of ether oxygens (including phenoxy) is 2. The molecular weight excluding hydrogens is 590 g/mol. The SMILES string of the molecule is CC(C)(C)OC(=O)N1CCC(C(=O)Nc2ccc(C#Cc3ccc4nc([C@@H]5CCCN5C(=O)OC(C)(C)C)[nH]c4c3)cc2)C1.S. The van der Waals surface area contributed by atoms with Gasteiger partial charge in [-0.15, -0.1) is 0 Å². The van der Waals surface area contributed by atoms with E-state index >= 15 is 0 Å². The zero-order chi connectivity index (χ0) is 31.6. The fourth-order valence-corrected chi connectivity index (χ4v) is 5.35. The minimum Gasteiger partial charge on any atom is -0.444 e. The Balaban J connectivity index is 0.00000461. The Morgan fingerprint density at radius 3 is 2.22 bits per heavy atom. The number of rotatable bonds is 3. The van der Waals surface area contributed by atoms with Crippen molar-refractivity contribution < 1.29 is 23.9 Å². The highest BCUT2D eigenvalue weighted by Gasteiger charge is 2.35. The summed E-state index contributed by atoms with van der Waals surface area (Å²) in [6, 6.07) is 13.0. The van der Waals surface area contributed by atoms with E-state index in [1.54, 1.807) is 9.80 Å². The second-order valence-corrected chi connectivity index (χ2v) is 13.4. The molecule has 10 nitrogen and oxygen atoms in total. The molecule has 5 rings (SSSR count). The second-order valence-electron chi connectivity index (χ2n) is 13.4. The summed E-state index contributed by atoms with van der Waals surface area (Å²) in [4.78, 5) is 49.4. The smallest absolute Gasteiger partial charge is 0.410 e. The van der Waals surface area contributed by atoms with Crippen LogP contribution in [0.1, 0.15) is 83.8 Å². The van der Waals surface area contributed by atoms with Gasteiger partial charge in [-0.3, -0.25) is 9.69 Å². The number of nitrogens with zero attached hydrogens (tertiary/aromatic N) is 3. The van der Waals surface area contributed by atoms with Crippen molar-refractivity contribution in [2.75, 3.05) is 25.0 Å². The maximum Gasteiger partial charge on any atom is 0.410 e. The summed E-state index contributed by atoms with van der Waals surface area (Å²) in [5.41, 5.74) is 2.87. The van der Waals surface area contributed by atoms with Crippen LogP contribution < -0.4 is 5.32 Å². The average molecular weight is 634 g/mol. The highest BCUT2D eigenvalue weighted by atomic mass is 32.1. The lowest BCUT2D eigenvalue weighted by molar-refractivity contribution is -0.119. The number of benzene rings is 2. The molecule has 1 aromatic heterocycles. The van der Waals surface area contributed by atoms with Crippen molar-refractivity contribution in [1.82, 2.24) is 19.8 Å². The third-order valence-electron chi connectivity index (χ3n) is 7.41. The first-order valence-electron chi connectivity index (χ1n) is 15.1. The summed E-state index contributed by atoms with van der Waals surface area (Å²) < 4.78 is 11.0. The van der Waals surface area contributed by atoms with Gasteiger partial charge in [0.2, 0.25) is 5.91 Å². The molecule has 240 valence electrons. The third-order valence-corrected chi connectivity index (χ3v) is 7.41. The number of H-pyrrole nitrogens is 1. The van der Waals surface area contributed by atoms with Crippen LogP contribution in [0.25, 0.3) is 11.0 Å². The molecule has 2 aliphatic rings. The summed E-state index contributed by atoms with van der Waals surface area (Å²) in [6.07, 6.45) is 1.61. The van der Waals surface area contributed by atoms with Crippen molar-refractivity contribution in [3.8, 4) is 11.8 Å². The first-order valence-corrected chi connectivity index (χ1v) is 15.1. The van der Waals surface area contributed by atoms with E-state index in [-0.39, 0.29) is 43.5 Å². The van der Waals surface area contributed by atoms with E-state index in [1.165, 1.54) is 0 Å². The number of amides is 3. The van der Waals surface area contributed by atoms with Crippen molar-refractivity contribution in [2.45, 2.75) is 78.0 Å². The first-order chi connectivity index (χ1) is 20.7. The zero-order valence-electron chi connectivity index (χ0n) is 26.8. The molecule has 0 aliphatic carbocycles. The molecule has 2 atom stereocenters. The second kappa shape index (κ2) is 13.4. The van der Waals surface area contributed by atoms with Gasteiger partial charge in [-0.05, 0) is 103 Å². The number of anilines is 1. The number of hydrogen-bond donors (Lipinski definition) is 2. The molecule has 0 spiro atoms. The van der Waals surface area contributed by atoms with Crippen LogP contribution in [0, 0.1) is 17.8 Å². The monoisotopic (exact) mass is 633 g/mol. The zero-order valence-corrected chi connectivity index (χ0v) is 27.8. The molecule has 1 unspecified atom stereocenters. The maximum atomic E-state index is 12.8. The Hall–Kier alpha value is -4.17. The molecule has 2 aromatic carbocycles. The number of hydrogen-bond acceptors (Lipinski definition) is 6. The number of aromatic amines is 1. The molecule has 0 bridgehead atoms. The lowest BCUT2D eigenvalue weighted by Gasteiger charge is -2.27. The topological polar surface area (TPSA) is 117 Å². The van der Waals surface area contributed by atoms with Crippen LogP contribution in [0.3, 0.4) is 0 Å². The van der Waals surface area contributed by atoms with Crippen LogP contribution in [0.4, 0.5) is 15.3 Å². The van der Waals surface area contributed by atoms with Crippen molar-refractivity contribution in [3.63, 3.8) is 0 Å². The van der Waals surface area contributed by atoms with Crippen LogP contribution in [0.15, 0.2) is 42.5 Å². The molecule has 3 heterocycles. The molecule has 2 fully saturated rings. The molecule has 45 heavy (non-hydrogen) atoms. The number of fused-ring (bicyclic) bond motifs is 1. The average Bonchev–Trinajstić information content (AvgIpc) is 3.70. The van der Waals surface area contributed by atoms with Gasteiger partial charge in [0.15, 0.2) is 0 Å². The van der Waals surface area contributed by atoms with Crippen LogP contribution in [0.2, 0.25) is 0 Å². The summed E-state index contributed by atoms with van der Waals surface area (Å²) in [5.74, 6) is 6.73. The third kappa shape index (κ3) is 8.72. The normalized spacial score (nSPS) is 18.2. The Kier molecular flexibility index (Phi) is 10.1. The standard InChI is InChI=1S/C34H41N5O5.H2S/c1-33(2,3)43-31(41)38-19-17-24(21-38)30(40)35-25-14-11-22(12-15-25)9-10-23-13-16-26-27(20-23)37-29(36-26)28-8-7-18-39(28)32(42)44-34(4,5)6;/h11-16,20,24,28H,7-8,17-19,21H2,1-6H3,(H,35,40)(H,36,37);1H2/t24?,28-;/m0./s1. The van der Waals surface area contributed by atoms with Crippen molar-refractivity contribution in [1.29, 1.82) is 0 Å². The van der Waals surface area contributed by atoms with Crippen molar-refractivity contribution in [2.24, 2.45) is 5.92 Å². The molecule has 0 radical (unpaired) electrons. The number of imidazole rings is 1. The number of aromatic nitrogens is 2. The molecule has 2 saturated heterocycles. The number of carbonyl (C=O) groups excluding carboxylic acids is 3. The van der Waals surface area contributed by atoms with Crippen LogP contribution in [0.5, 0.6) is 0 Å². The predicted molar refractivity (Wildman–Crippen MR) is 178 cm³/mol. The lowest BCUT2D eigenvalue weighted by Crippen LogP contribution is -2.36. The highest BCUT2D eigenvalue weighted by Crippen LogP contribution is 2.33. The van der Waals surface area contributed by atoms with Crippen LogP contribution in [-0.4, -0.2) is 68.7 Å². The predicted octanol–water partition coefficient (Wildman–Crippen LogP) is 6.34. The highest BCUT2D eigenvalue weighted by molar-refractivity contribution is 7.59. The summed E-state index contributed by atoms with van der Waals surface area (Å²) in [7, 11) is 0. The molecule has 3 aromatic rings. The van der Waals surface area contributed by atoms with Gasteiger partial charge in [0.1, 0.15) is 17.0 Å². The number of likely N-dealkylation sites (tertiary alicyclic amines) is 2. The molecule has 2 aliphatic heterocycles. The van der Waals surface area contributed by atoms with Gasteiger partial charge in [0, 0.05) is 36.4 Å². The van der Waals surface area contributed by atoms with E-state index in [2.05, 4.69) is 22.1 Å². The van der Waals surface area contributed by atoms with E-state index < -0.39 is 11.2 Å². The van der Waals surface area contributed by atoms with E-state index in [0.29, 0.717) is 31.7 Å². The molecule has 0 saturated carbocycles. The number of nitrogens with one attached hydrogen (secondary N) is 2. The molecule has 11 heteroatoms. The van der Waals surface area contributed by atoms with E-state index in [0.717, 1.165) is 40.8 Å². The Morgan fingerprint density at radius 2 is 1.53 bits per heavy atom. The van der Waals surface area contributed by atoms with Crippen LogP contribution in [-0.2, 0) is 14.3 Å². The summed E-state index contributed by atoms with van der Waals surface area (Å²) in [5, 5.41) is 2.95. The van der Waals surface area contributed by atoms with Gasteiger partial charge in [0.05, 0.1) is 23.0 Å². The Morgan fingerprint density at radius 1 is 0.889 bits per heavy atom. The van der Waals surface area contributed by atoms with Gasteiger partial charge in [-0.1, -0.05) is 11.8 Å². The van der Waals surface area contributed by atoms with Crippen molar-refractivity contribution in [3.05, 3.63) is 59.4 Å². The first kappa shape index (κ1) is 33.7. The van der Waals surface area contributed by atoms with E-state index in [9.17, 15) is 14.4 Å². The molecule has 3 amide bonds.